The van der Waals surface area contributed by atoms with E-state index >= 15 is 0 Å². The molecule has 29 heavy (non-hydrogen) atoms. The number of nitrogen functional groups attached to an aromatic ring is 1. The van der Waals surface area contributed by atoms with Crippen molar-refractivity contribution in [3.63, 3.8) is 0 Å². The standard InChI is InChI=1S/C17H20N8O4/c1-8-3-2-4-9(22-8)5-21-24-17-23-11-14(18)19-7-20-15(11)25(17)16-13(28)12(27)10(6-26)29-16/h2-5,7,10,12-13,16,26-28H,6H2,1H3,(H,23,24)(H2,18,19,20)/b21-5+. The van der Waals surface area contributed by atoms with E-state index in [0.29, 0.717) is 5.69 Å². The normalized spacial score (nSPS) is 24.6. The molecule has 4 heterocycles. The molecule has 0 saturated carbocycles. The molecular weight excluding hydrogens is 380 g/mol. The number of aryl methyl sites for hydroxylation is 1. The molecule has 1 fully saturated rings. The molecule has 6 N–H and O–H groups in total. The number of imidazole rings is 1. The molecule has 1 aliphatic heterocycles. The molecule has 3 aromatic rings. The van der Waals surface area contributed by atoms with Crippen LogP contribution in [-0.4, -0.2) is 71.0 Å². The summed E-state index contributed by atoms with van der Waals surface area (Å²) >= 11 is 0. The number of nitrogens with two attached hydrogens (primary N) is 1. The second-order valence-corrected chi connectivity index (χ2v) is 6.54. The number of ether oxygens (including phenoxy) is 1. The van der Waals surface area contributed by atoms with E-state index in [1.807, 2.05) is 19.1 Å². The molecule has 3 aromatic heterocycles. The van der Waals surface area contributed by atoms with Gasteiger partial charge in [-0.3, -0.25) is 9.55 Å². The van der Waals surface area contributed by atoms with Gasteiger partial charge in [0.25, 0.3) is 0 Å². The number of aromatic nitrogens is 5. The van der Waals surface area contributed by atoms with Gasteiger partial charge in [-0.05, 0) is 19.1 Å². The molecule has 1 saturated heterocycles. The molecule has 12 nitrogen and oxygen atoms in total. The number of aliphatic hydroxyl groups excluding tert-OH is 3. The highest BCUT2D eigenvalue weighted by atomic mass is 16.6. The molecule has 0 bridgehead atoms. The number of rotatable bonds is 5. The molecule has 0 aromatic carbocycles. The summed E-state index contributed by atoms with van der Waals surface area (Å²) in [5.74, 6) is 0.291. The van der Waals surface area contributed by atoms with Crippen LogP contribution in [0.3, 0.4) is 0 Å². The number of fused-ring (bicyclic) bond motifs is 1. The molecule has 0 aliphatic carbocycles. The Balaban J connectivity index is 1.72. The lowest BCUT2D eigenvalue weighted by molar-refractivity contribution is -0.0501. The minimum absolute atomic E-state index is 0.132. The van der Waals surface area contributed by atoms with Crippen LogP contribution in [0.2, 0.25) is 0 Å². The average molecular weight is 400 g/mol. The molecule has 12 heteroatoms. The van der Waals surface area contributed by atoms with Crippen LogP contribution in [-0.2, 0) is 4.74 Å². The van der Waals surface area contributed by atoms with Crippen molar-refractivity contribution in [2.75, 3.05) is 17.8 Å². The number of hydrogen-bond acceptors (Lipinski definition) is 11. The largest absolute Gasteiger partial charge is 0.394 e. The van der Waals surface area contributed by atoms with Crippen molar-refractivity contribution in [1.29, 1.82) is 0 Å². The summed E-state index contributed by atoms with van der Waals surface area (Å²) < 4.78 is 7.03. The SMILES string of the molecule is Cc1cccc(/C=N/Nc2nc3c(N)ncnc3n2C2OC(CO)C(O)C2O)n1. The Bertz CT molecular complexity index is 1060. The molecule has 152 valence electrons. The van der Waals surface area contributed by atoms with Crippen molar-refractivity contribution >= 4 is 29.1 Å². The van der Waals surface area contributed by atoms with Crippen LogP contribution >= 0.6 is 0 Å². The summed E-state index contributed by atoms with van der Waals surface area (Å²) in [5, 5.41) is 34.1. The minimum atomic E-state index is -1.33. The van der Waals surface area contributed by atoms with Gasteiger partial charge in [0.05, 0.1) is 18.5 Å². The maximum atomic E-state index is 10.4. The molecule has 4 unspecified atom stereocenters. The zero-order chi connectivity index (χ0) is 20.5. The number of pyridine rings is 1. The van der Waals surface area contributed by atoms with Crippen LogP contribution in [0.25, 0.3) is 11.2 Å². The first-order chi connectivity index (χ1) is 14.0. The first kappa shape index (κ1) is 19.1. The Kier molecular flexibility index (Phi) is 5.07. The second kappa shape index (κ2) is 7.67. The van der Waals surface area contributed by atoms with E-state index in [9.17, 15) is 15.3 Å². The van der Waals surface area contributed by atoms with Crippen LogP contribution < -0.4 is 11.2 Å². The summed E-state index contributed by atoms with van der Waals surface area (Å²) in [6, 6.07) is 5.51. The Morgan fingerprint density at radius 2 is 2.10 bits per heavy atom. The molecule has 0 radical (unpaired) electrons. The number of nitrogens with zero attached hydrogens (tertiary/aromatic N) is 6. The van der Waals surface area contributed by atoms with Crippen molar-refractivity contribution in [2.45, 2.75) is 31.5 Å². The number of anilines is 2. The van der Waals surface area contributed by atoms with Gasteiger partial charge in [0.2, 0.25) is 5.95 Å². The van der Waals surface area contributed by atoms with Gasteiger partial charge in [0, 0.05) is 5.69 Å². The molecule has 4 atom stereocenters. The van der Waals surface area contributed by atoms with Gasteiger partial charge in [-0.2, -0.15) is 5.10 Å². The maximum absolute atomic E-state index is 10.4. The fourth-order valence-electron chi connectivity index (χ4n) is 3.13. The predicted molar refractivity (Wildman–Crippen MR) is 103 cm³/mol. The summed E-state index contributed by atoms with van der Waals surface area (Å²) in [4.78, 5) is 16.7. The fourth-order valence-corrected chi connectivity index (χ4v) is 3.13. The lowest BCUT2D eigenvalue weighted by Gasteiger charge is -2.18. The smallest absolute Gasteiger partial charge is 0.228 e. The van der Waals surface area contributed by atoms with Crippen molar-refractivity contribution < 1.29 is 20.1 Å². The van der Waals surface area contributed by atoms with Gasteiger partial charge >= 0.3 is 0 Å². The van der Waals surface area contributed by atoms with Gasteiger partial charge in [-0.15, -0.1) is 0 Å². The average Bonchev–Trinajstić information content (AvgIpc) is 3.20. The van der Waals surface area contributed by atoms with E-state index < -0.39 is 31.1 Å². The minimum Gasteiger partial charge on any atom is -0.394 e. The highest BCUT2D eigenvalue weighted by molar-refractivity contribution is 5.84. The van der Waals surface area contributed by atoms with Crippen molar-refractivity contribution in [1.82, 2.24) is 24.5 Å². The molecule has 0 spiro atoms. The molecule has 4 rings (SSSR count). The fraction of sp³-hybridized carbons (Fsp3) is 0.353. The molecule has 1 aliphatic rings. The van der Waals surface area contributed by atoms with E-state index in [2.05, 4.69) is 30.5 Å². The zero-order valence-corrected chi connectivity index (χ0v) is 15.4. The molecule has 0 amide bonds. The van der Waals surface area contributed by atoms with E-state index in [-0.39, 0.29) is 22.9 Å². The van der Waals surface area contributed by atoms with Crippen LogP contribution in [0, 0.1) is 6.92 Å². The highest BCUT2D eigenvalue weighted by Crippen LogP contribution is 2.35. The monoisotopic (exact) mass is 400 g/mol. The van der Waals surface area contributed by atoms with Crippen LogP contribution in [0.4, 0.5) is 11.8 Å². The summed E-state index contributed by atoms with van der Waals surface area (Å²) in [5.41, 5.74) is 10.7. The van der Waals surface area contributed by atoms with Gasteiger partial charge in [-0.1, -0.05) is 6.07 Å². The summed E-state index contributed by atoms with van der Waals surface area (Å²) in [7, 11) is 0. The predicted octanol–water partition coefficient (Wildman–Crippen LogP) is -0.831. The Morgan fingerprint density at radius 1 is 1.28 bits per heavy atom. The lowest BCUT2D eigenvalue weighted by atomic mass is 10.1. The number of hydrogen-bond donors (Lipinski definition) is 5. The van der Waals surface area contributed by atoms with Gasteiger partial charge in [-0.25, -0.2) is 20.4 Å². The maximum Gasteiger partial charge on any atom is 0.228 e. The first-order valence-electron chi connectivity index (χ1n) is 8.83. The molecular formula is C17H20N8O4. The lowest BCUT2D eigenvalue weighted by Crippen LogP contribution is -2.33. The van der Waals surface area contributed by atoms with E-state index in [0.717, 1.165) is 5.69 Å². The number of aliphatic hydroxyl groups is 3. The van der Waals surface area contributed by atoms with Crippen molar-refractivity contribution in [3.05, 3.63) is 35.9 Å². The van der Waals surface area contributed by atoms with Crippen LogP contribution in [0.15, 0.2) is 29.6 Å². The van der Waals surface area contributed by atoms with Gasteiger partial charge < -0.3 is 25.8 Å². The quantitative estimate of drug-likeness (QED) is 0.268. The Labute approximate surface area is 164 Å². The van der Waals surface area contributed by atoms with E-state index in [4.69, 9.17) is 10.5 Å². The van der Waals surface area contributed by atoms with Gasteiger partial charge in [0.15, 0.2) is 23.2 Å². The number of nitrogens with one attached hydrogen (secondary N) is 1. The third-order valence-corrected chi connectivity index (χ3v) is 4.55. The first-order valence-corrected chi connectivity index (χ1v) is 8.83. The summed E-state index contributed by atoms with van der Waals surface area (Å²) in [6.07, 6.45) is -1.89. The topological polar surface area (TPSA) is 177 Å². The highest BCUT2D eigenvalue weighted by Gasteiger charge is 2.45. The third-order valence-electron chi connectivity index (χ3n) is 4.55. The van der Waals surface area contributed by atoms with Crippen LogP contribution in [0.1, 0.15) is 17.6 Å². The van der Waals surface area contributed by atoms with Crippen molar-refractivity contribution in [3.8, 4) is 0 Å². The zero-order valence-electron chi connectivity index (χ0n) is 15.4. The van der Waals surface area contributed by atoms with Crippen molar-refractivity contribution in [2.24, 2.45) is 5.10 Å². The number of hydrazone groups is 1. The van der Waals surface area contributed by atoms with Crippen LogP contribution in [0.5, 0.6) is 0 Å². The third kappa shape index (κ3) is 3.49. The Morgan fingerprint density at radius 3 is 2.83 bits per heavy atom. The van der Waals surface area contributed by atoms with Gasteiger partial charge in [0.1, 0.15) is 24.6 Å². The Hall–Kier alpha value is -3.19. The summed E-state index contributed by atoms with van der Waals surface area (Å²) in [6.45, 7) is 1.41. The van der Waals surface area contributed by atoms with E-state index in [1.165, 1.54) is 17.1 Å². The second-order valence-electron chi connectivity index (χ2n) is 6.54. The van der Waals surface area contributed by atoms with E-state index in [1.54, 1.807) is 6.07 Å².